The van der Waals surface area contributed by atoms with Gasteiger partial charge in [-0.1, -0.05) is 178 Å². The van der Waals surface area contributed by atoms with Crippen LogP contribution in [0.1, 0.15) is 259 Å². The average Bonchev–Trinajstić information content (AvgIpc) is 4.39. The van der Waals surface area contributed by atoms with E-state index in [0.717, 1.165) is 125 Å². The van der Waals surface area contributed by atoms with Gasteiger partial charge in [0, 0.05) is 75.5 Å². The highest BCUT2D eigenvalue weighted by molar-refractivity contribution is 7.11. The fraction of sp³-hybridized carbons (Fsp3) is 0.896. The SMILES string of the molecule is CC.CC.CC.CC.CC(C)(C)C1CCOCC1.CC(C)(C)[C@H]1CCCO1.C[C@@H]1CCOC1.C[C@H]1CCOC1.C[C@H]1COCCO1.C[C@H]1COCCO1.Cc1cc(C(C)(C)C)on1.Cc1nnc(C(C)(C)C)o1.Cc1nnc(C(C)(C)C)s1. The first kappa shape index (κ1) is 87.0. The van der Waals surface area contributed by atoms with Crippen molar-refractivity contribution >= 4 is 11.3 Å². The molecule has 494 valence electrons. The predicted molar refractivity (Wildman–Crippen MR) is 350 cm³/mol. The van der Waals surface area contributed by atoms with E-state index in [4.69, 9.17) is 46.8 Å². The van der Waals surface area contributed by atoms with Crippen molar-refractivity contribution < 1.29 is 46.8 Å². The number of ether oxygens (including phenoxy) is 8. The summed E-state index contributed by atoms with van der Waals surface area (Å²) in [6, 6.07) is 1.97. The summed E-state index contributed by atoms with van der Waals surface area (Å²) in [5.74, 6) is 4.80. The number of aromatic nitrogens is 5. The quantitative estimate of drug-likeness (QED) is 0.209. The second-order valence-corrected chi connectivity index (χ2v) is 27.1. The Morgan fingerprint density at radius 2 is 0.904 bits per heavy atom. The molecule has 3 aromatic heterocycles. The van der Waals surface area contributed by atoms with Gasteiger partial charge in [-0.2, -0.15) is 0 Å². The van der Waals surface area contributed by atoms with E-state index in [2.05, 4.69) is 122 Å². The largest absolute Gasteiger partial charge is 0.425 e. The van der Waals surface area contributed by atoms with E-state index in [1.807, 2.05) is 110 Å². The first-order chi connectivity index (χ1) is 38.8. The molecule has 15 nitrogen and oxygen atoms in total. The van der Waals surface area contributed by atoms with Crippen LogP contribution in [0.2, 0.25) is 0 Å². The van der Waals surface area contributed by atoms with Gasteiger partial charge in [0.05, 0.1) is 63.6 Å². The van der Waals surface area contributed by atoms with Crippen LogP contribution in [0.3, 0.4) is 0 Å². The molecule has 0 aromatic carbocycles. The third-order valence-corrected chi connectivity index (χ3v) is 13.6. The maximum atomic E-state index is 5.52. The summed E-state index contributed by atoms with van der Waals surface area (Å²) in [5, 5.41) is 21.6. The van der Waals surface area contributed by atoms with Crippen molar-refractivity contribution in [3.8, 4) is 0 Å². The molecule has 5 atom stereocenters. The molecule has 0 bridgehead atoms. The zero-order valence-corrected chi connectivity index (χ0v) is 60.5. The highest BCUT2D eigenvalue weighted by atomic mass is 32.1. The molecule has 6 fully saturated rings. The van der Waals surface area contributed by atoms with Crippen LogP contribution in [0.4, 0.5) is 0 Å². The standard InChI is InChI=1S/C9H18O.C8H13NO.C8H16O.C7H12N2O.C7H12N2S.2C5H10O2.2C5H10O.4C2H6/c1-9(2,3)8-4-6-10-7-5-8;1-6-5-7(10-9-6)8(2,3)4;1-8(2,3)7-5-4-6-9-7;2*1-5-8-9-6(10-5)7(2,3)4;2*1-5-4-6-2-3-7-5;2*1-5-2-3-6-4-5;4*1-2/h8H,4-7H2,1-3H3;5H,1-4H3;7H,4-6H2,1-3H3;2*1-4H3;2*5H,2-4H2,1H3;2*5H,2-4H2,1H3;4*1-2H3/t;;7-;;;4*5-;;;;/m..1..0010..../s1. The molecule has 16 heteroatoms. The lowest BCUT2D eigenvalue weighted by Gasteiger charge is -2.33. The molecule has 0 radical (unpaired) electrons. The van der Waals surface area contributed by atoms with E-state index < -0.39 is 0 Å². The molecule has 6 saturated heterocycles. The van der Waals surface area contributed by atoms with Gasteiger partial charge in [-0.25, -0.2) is 0 Å². The minimum atomic E-state index is -0.0265. The Morgan fingerprint density at radius 3 is 1.07 bits per heavy atom. The van der Waals surface area contributed by atoms with Crippen LogP contribution < -0.4 is 0 Å². The van der Waals surface area contributed by atoms with Crippen molar-refractivity contribution in [3.05, 3.63) is 39.3 Å². The van der Waals surface area contributed by atoms with Gasteiger partial charge in [-0.3, -0.25) is 0 Å². The van der Waals surface area contributed by atoms with Crippen LogP contribution >= 0.6 is 11.3 Å². The fourth-order valence-corrected chi connectivity index (χ4v) is 8.01. The van der Waals surface area contributed by atoms with Crippen molar-refractivity contribution in [2.24, 2.45) is 28.6 Å². The minimum Gasteiger partial charge on any atom is -0.425 e. The Morgan fingerprint density at radius 1 is 0.446 bits per heavy atom. The average molecular weight is 1200 g/mol. The summed E-state index contributed by atoms with van der Waals surface area (Å²) in [5.41, 5.74) is 2.01. The number of nitrogens with zero attached hydrogens (tertiary/aromatic N) is 5. The van der Waals surface area contributed by atoms with Gasteiger partial charge in [0.1, 0.15) is 15.8 Å². The molecule has 0 amide bonds. The van der Waals surface area contributed by atoms with Gasteiger partial charge in [-0.05, 0) is 94.8 Å². The monoisotopic (exact) mass is 1200 g/mol. The molecule has 83 heavy (non-hydrogen) atoms. The maximum absolute atomic E-state index is 5.52. The maximum Gasteiger partial charge on any atom is 0.221 e. The predicted octanol–water partition coefficient (Wildman–Crippen LogP) is 17.8. The molecular formula is C67H135N5O10S. The van der Waals surface area contributed by atoms with E-state index in [0.29, 0.717) is 40.9 Å². The van der Waals surface area contributed by atoms with Gasteiger partial charge >= 0.3 is 0 Å². The van der Waals surface area contributed by atoms with Crippen molar-refractivity contribution in [2.75, 3.05) is 85.9 Å². The van der Waals surface area contributed by atoms with Gasteiger partial charge < -0.3 is 46.8 Å². The summed E-state index contributed by atoms with van der Waals surface area (Å²) in [6.45, 7) is 74.2. The summed E-state index contributed by atoms with van der Waals surface area (Å²) >= 11 is 1.67. The first-order valence-corrected chi connectivity index (χ1v) is 32.9. The molecule has 0 unspecified atom stereocenters. The van der Waals surface area contributed by atoms with Crippen LogP contribution in [-0.4, -0.2) is 130 Å². The normalized spacial score (nSPS) is 21.1. The van der Waals surface area contributed by atoms with Gasteiger partial charge in [0.2, 0.25) is 11.8 Å². The van der Waals surface area contributed by atoms with E-state index in [9.17, 15) is 0 Å². The Balaban J connectivity index is -0.000000418. The number of aryl methyl sites for hydroxylation is 3. The second kappa shape index (κ2) is 49.6. The van der Waals surface area contributed by atoms with E-state index in [1.165, 1.54) is 38.5 Å². The molecule has 9 rings (SSSR count). The van der Waals surface area contributed by atoms with Crippen molar-refractivity contribution in [3.63, 3.8) is 0 Å². The second-order valence-electron chi connectivity index (χ2n) is 25.9. The van der Waals surface area contributed by atoms with Crippen LogP contribution in [0.15, 0.2) is 15.0 Å². The lowest BCUT2D eigenvalue weighted by Crippen LogP contribution is -2.27. The van der Waals surface area contributed by atoms with E-state index in [-0.39, 0.29) is 16.2 Å². The first-order valence-electron chi connectivity index (χ1n) is 32.1. The topological polar surface area (TPSA) is 165 Å². The lowest BCUT2D eigenvalue weighted by molar-refractivity contribution is -0.0797. The number of rotatable bonds is 0. The van der Waals surface area contributed by atoms with Crippen LogP contribution in [0, 0.1) is 49.4 Å². The summed E-state index contributed by atoms with van der Waals surface area (Å²) in [4.78, 5) is 0. The zero-order chi connectivity index (χ0) is 64.9. The molecule has 0 aliphatic carbocycles. The molecule has 0 saturated carbocycles. The molecule has 0 N–H and O–H groups in total. The Bertz CT molecular complexity index is 1670. The van der Waals surface area contributed by atoms with E-state index >= 15 is 0 Å². The van der Waals surface area contributed by atoms with Crippen molar-refractivity contribution in [1.29, 1.82) is 0 Å². The molecule has 6 aliphatic heterocycles. The zero-order valence-electron chi connectivity index (χ0n) is 59.7. The van der Waals surface area contributed by atoms with Crippen LogP contribution in [0.5, 0.6) is 0 Å². The van der Waals surface area contributed by atoms with Crippen LogP contribution in [-0.2, 0) is 54.1 Å². The lowest BCUT2D eigenvalue weighted by atomic mass is 9.76. The number of hydrogen-bond donors (Lipinski definition) is 0. The van der Waals surface area contributed by atoms with Crippen LogP contribution in [0.25, 0.3) is 0 Å². The Hall–Kier alpha value is -2.41. The molecule has 9 heterocycles. The minimum absolute atomic E-state index is 0.0265. The summed E-state index contributed by atoms with van der Waals surface area (Å²) < 4.78 is 51.6. The molecule has 0 spiro atoms. The third-order valence-electron chi connectivity index (χ3n) is 12.3. The smallest absolute Gasteiger partial charge is 0.221 e. The van der Waals surface area contributed by atoms with Gasteiger partial charge in [0.25, 0.3) is 0 Å². The fourth-order valence-electron chi connectivity index (χ4n) is 7.26. The Kier molecular flexibility index (Phi) is 52.0. The summed E-state index contributed by atoms with van der Waals surface area (Å²) in [7, 11) is 0. The molecule has 3 aromatic rings. The molecular weight excluding hydrogens is 1070 g/mol. The summed E-state index contributed by atoms with van der Waals surface area (Å²) in [6.07, 6.45) is 8.68. The van der Waals surface area contributed by atoms with Crippen molar-refractivity contribution in [2.45, 2.75) is 281 Å². The number of hydrogen-bond acceptors (Lipinski definition) is 16. The van der Waals surface area contributed by atoms with Crippen molar-refractivity contribution in [1.82, 2.24) is 25.6 Å². The highest BCUT2D eigenvalue weighted by Crippen LogP contribution is 2.33. The van der Waals surface area contributed by atoms with Gasteiger partial charge in [-0.15, -0.1) is 31.7 Å². The Labute approximate surface area is 516 Å². The highest BCUT2D eigenvalue weighted by Gasteiger charge is 2.28. The molecule has 6 aliphatic rings. The third kappa shape index (κ3) is 48.3. The van der Waals surface area contributed by atoms with Gasteiger partial charge in [0.15, 0.2) is 0 Å². The van der Waals surface area contributed by atoms with E-state index in [1.54, 1.807) is 18.3 Å².